The van der Waals surface area contributed by atoms with Crippen LogP contribution in [0.25, 0.3) is 0 Å². The number of sulfonamides is 1. The molecule has 1 aromatic carbocycles. The molecule has 156 valence electrons. The molecule has 2 aliphatic rings. The summed E-state index contributed by atoms with van der Waals surface area (Å²) in [5.74, 6) is 1.07. The number of ether oxygens (including phenoxy) is 2. The molecule has 0 bridgehead atoms. The van der Waals surface area contributed by atoms with Crippen LogP contribution in [0.15, 0.2) is 23.1 Å². The van der Waals surface area contributed by atoms with Crippen molar-refractivity contribution in [2.45, 2.75) is 37.6 Å². The van der Waals surface area contributed by atoms with E-state index in [9.17, 15) is 13.2 Å². The second-order valence-electron chi connectivity index (χ2n) is 7.39. The van der Waals surface area contributed by atoms with E-state index in [2.05, 4.69) is 12.2 Å². The van der Waals surface area contributed by atoms with Crippen LogP contribution in [-0.2, 0) is 14.8 Å². The van der Waals surface area contributed by atoms with Gasteiger partial charge in [-0.15, -0.1) is 0 Å². The molecular formula is C19H30N3O5S+. The predicted molar refractivity (Wildman–Crippen MR) is 104 cm³/mol. The van der Waals surface area contributed by atoms with E-state index in [4.69, 9.17) is 9.47 Å². The highest BCUT2D eigenvalue weighted by Crippen LogP contribution is 2.33. The SMILES string of the molecule is CCC[C@@H](C)NC(=O)C[NH+]1CCN(S(=O)(=O)c2ccc3c(c2)OCCO3)CC1. The van der Waals surface area contributed by atoms with Gasteiger partial charge < -0.3 is 19.7 Å². The Labute approximate surface area is 166 Å². The summed E-state index contributed by atoms with van der Waals surface area (Å²) in [5, 5.41) is 3.01. The van der Waals surface area contributed by atoms with Gasteiger partial charge in [0.15, 0.2) is 18.0 Å². The normalized spacial score (nSPS) is 19.2. The van der Waals surface area contributed by atoms with Crippen LogP contribution in [0.5, 0.6) is 11.5 Å². The van der Waals surface area contributed by atoms with Crippen molar-refractivity contribution in [3.63, 3.8) is 0 Å². The van der Waals surface area contributed by atoms with Crippen LogP contribution < -0.4 is 19.7 Å². The molecule has 2 aliphatic heterocycles. The topological polar surface area (TPSA) is 89.4 Å². The van der Waals surface area contributed by atoms with Gasteiger partial charge in [0.25, 0.3) is 5.91 Å². The van der Waals surface area contributed by atoms with Crippen molar-refractivity contribution in [3.05, 3.63) is 18.2 Å². The molecule has 0 aromatic heterocycles. The number of quaternary nitrogens is 1. The van der Waals surface area contributed by atoms with E-state index in [-0.39, 0.29) is 16.8 Å². The van der Waals surface area contributed by atoms with Crippen LogP contribution in [0, 0.1) is 0 Å². The van der Waals surface area contributed by atoms with E-state index in [1.54, 1.807) is 12.1 Å². The predicted octanol–water partition coefficient (Wildman–Crippen LogP) is -0.348. The van der Waals surface area contributed by atoms with Gasteiger partial charge in [-0.1, -0.05) is 13.3 Å². The van der Waals surface area contributed by atoms with Crippen LogP contribution in [0.1, 0.15) is 26.7 Å². The zero-order valence-electron chi connectivity index (χ0n) is 16.6. The molecule has 0 spiro atoms. The summed E-state index contributed by atoms with van der Waals surface area (Å²) in [6, 6.07) is 4.91. The average molecular weight is 413 g/mol. The van der Waals surface area contributed by atoms with Crippen molar-refractivity contribution in [2.75, 3.05) is 45.9 Å². The number of fused-ring (bicyclic) bond motifs is 1. The zero-order valence-corrected chi connectivity index (χ0v) is 17.4. The summed E-state index contributed by atoms with van der Waals surface area (Å²) in [6.07, 6.45) is 1.99. The summed E-state index contributed by atoms with van der Waals surface area (Å²) in [5.41, 5.74) is 0. The van der Waals surface area contributed by atoms with E-state index < -0.39 is 10.0 Å². The average Bonchev–Trinajstić information content (AvgIpc) is 2.68. The Morgan fingerprint density at radius 3 is 2.57 bits per heavy atom. The Morgan fingerprint density at radius 2 is 1.89 bits per heavy atom. The Morgan fingerprint density at radius 1 is 1.21 bits per heavy atom. The minimum absolute atomic E-state index is 0.0269. The van der Waals surface area contributed by atoms with Crippen LogP contribution >= 0.6 is 0 Å². The Kier molecular flexibility index (Phi) is 6.79. The molecule has 1 atom stereocenters. The number of carbonyl (C=O) groups is 1. The summed E-state index contributed by atoms with van der Waals surface area (Å²) in [6.45, 7) is 7.37. The van der Waals surface area contributed by atoms with Crippen molar-refractivity contribution in [1.29, 1.82) is 0 Å². The first kappa shape index (κ1) is 20.9. The van der Waals surface area contributed by atoms with Gasteiger partial charge in [-0.2, -0.15) is 4.31 Å². The molecule has 0 saturated carbocycles. The lowest BCUT2D eigenvalue weighted by molar-refractivity contribution is -0.895. The molecule has 2 heterocycles. The summed E-state index contributed by atoms with van der Waals surface area (Å²) < 4.78 is 38.4. The number of nitrogens with one attached hydrogen (secondary N) is 2. The van der Waals surface area contributed by atoms with Crippen molar-refractivity contribution in [3.8, 4) is 11.5 Å². The van der Waals surface area contributed by atoms with E-state index >= 15 is 0 Å². The number of carbonyl (C=O) groups excluding carboxylic acids is 1. The van der Waals surface area contributed by atoms with Gasteiger partial charge in [0, 0.05) is 12.1 Å². The monoisotopic (exact) mass is 412 g/mol. The second kappa shape index (κ2) is 9.11. The number of benzene rings is 1. The fraction of sp³-hybridized carbons (Fsp3) is 0.632. The number of rotatable bonds is 7. The molecule has 1 amide bonds. The number of hydrogen-bond donors (Lipinski definition) is 2. The molecular weight excluding hydrogens is 382 g/mol. The second-order valence-corrected chi connectivity index (χ2v) is 9.33. The van der Waals surface area contributed by atoms with Crippen molar-refractivity contribution < 1.29 is 27.6 Å². The minimum Gasteiger partial charge on any atom is -0.486 e. The van der Waals surface area contributed by atoms with E-state index in [1.807, 2.05) is 6.92 Å². The van der Waals surface area contributed by atoms with E-state index in [0.717, 1.165) is 17.7 Å². The first-order valence-electron chi connectivity index (χ1n) is 9.93. The first-order valence-corrected chi connectivity index (χ1v) is 11.4. The largest absolute Gasteiger partial charge is 0.486 e. The molecule has 2 N–H and O–H groups in total. The van der Waals surface area contributed by atoms with E-state index in [0.29, 0.717) is 57.4 Å². The molecule has 9 heteroatoms. The van der Waals surface area contributed by atoms with Gasteiger partial charge in [-0.3, -0.25) is 4.79 Å². The third-order valence-corrected chi connectivity index (χ3v) is 7.02. The fourth-order valence-corrected chi connectivity index (χ4v) is 5.07. The number of piperazine rings is 1. The van der Waals surface area contributed by atoms with E-state index in [1.165, 1.54) is 10.4 Å². The smallest absolute Gasteiger partial charge is 0.275 e. The molecule has 1 aromatic rings. The van der Waals surface area contributed by atoms with Gasteiger partial charge in [0.2, 0.25) is 10.0 Å². The zero-order chi connectivity index (χ0) is 20.1. The highest BCUT2D eigenvalue weighted by atomic mass is 32.2. The molecule has 0 unspecified atom stereocenters. The number of hydrogen-bond acceptors (Lipinski definition) is 5. The van der Waals surface area contributed by atoms with Crippen LogP contribution in [0.3, 0.4) is 0 Å². The summed E-state index contributed by atoms with van der Waals surface area (Å²) >= 11 is 0. The van der Waals surface area contributed by atoms with Crippen LogP contribution in [-0.4, -0.2) is 70.6 Å². The molecule has 1 fully saturated rings. The molecule has 28 heavy (non-hydrogen) atoms. The summed E-state index contributed by atoms with van der Waals surface area (Å²) in [7, 11) is -3.59. The lowest BCUT2D eigenvalue weighted by Gasteiger charge is -2.31. The first-order chi connectivity index (χ1) is 13.4. The van der Waals surface area contributed by atoms with Gasteiger partial charge >= 0.3 is 0 Å². The van der Waals surface area contributed by atoms with Crippen molar-refractivity contribution in [2.24, 2.45) is 0 Å². The van der Waals surface area contributed by atoms with Crippen molar-refractivity contribution in [1.82, 2.24) is 9.62 Å². The van der Waals surface area contributed by atoms with Crippen molar-refractivity contribution >= 4 is 15.9 Å². The maximum atomic E-state index is 13.0. The maximum absolute atomic E-state index is 13.0. The third-order valence-electron chi connectivity index (χ3n) is 5.12. The third kappa shape index (κ3) is 4.95. The minimum atomic E-state index is -3.59. The quantitative estimate of drug-likeness (QED) is 0.639. The van der Waals surface area contributed by atoms with Crippen LogP contribution in [0.4, 0.5) is 0 Å². The molecule has 0 radical (unpaired) electrons. The maximum Gasteiger partial charge on any atom is 0.275 e. The Balaban J connectivity index is 1.56. The number of amides is 1. The molecule has 1 saturated heterocycles. The van der Waals surface area contributed by atoms with Crippen LogP contribution in [0.2, 0.25) is 0 Å². The summed E-state index contributed by atoms with van der Waals surface area (Å²) in [4.78, 5) is 13.5. The van der Waals surface area contributed by atoms with Gasteiger partial charge in [0.1, 0.15) is 13.2 Å². The fourth-order valence-electron chi connectivity index (χ4n) is 3.61. The highest BCUT2D eigenvalue weighted by Gasteiger charge is 2.32. The molecule has 3 rings (SSSR count). The van der Waals surface area contributed by atoms with Gasteiger partial charge in [0.05, 0.1) is 31.1 Å². The van der Waals surface area contributed by atoms with Gasteiger partial charge in [-0.25, -0.2) is 8.42 Å². The number of nitrogens with zero attached hydrogens (tertiary/aromatic N) is 1. The highest BCUT2D eigenvalue weighted by molar-refractivity contribution is 7.89. The standard InChI is InChI=1S/C19H29N3O5S/c1-3-4-15(2)20-19(23)14-21-7-9-22(10-8-21)28(24,25)16-5-6-17-18(13-16)27-12-11-26-17/h5-6,13,15H,3-4,7-12,14H2,1-2H3,(H,20,23)/p+1/t15-/m1/s1. The molecule has 0 aliphatic carbocycles. The Hall–Kier alpha value is -1.84. The van der Waals surface area contributed by atoms with Gasteiger partial charge in [-0.05, 0) is 25.5 Å². The lowest BCUT2D eigenvalue weighted by Crippen LogP contribution is -3.15. The lowest BCUT2D eigenvalue weighted by atomic mass is 10.2. The Bertz CT molecular complexity index is 791. The molecule has 8 nitrogen and oxygen atoms in total.